The van der Waals surface area contributed by atoms with Gasteiger partial charge in [0.1, 0.15) is 0 Å². The van der Waals surface area contributed by atoms with Gasteiger partial charge in [0.2, 0.25) is 0 Å². The monoisotopic (exact) mass is 316 g/mol. The van der Waals surface area contributed by atoms with Gasteiger partial charge >= 0.3 is 59.1 Å². The summed E-state index contributed by atoms with van der Waals surface area (Å²) >= 11 is 0. The Balaban J connectivity index is 0.00000110. The number of rotatable bonds is 2. The summed E-state index contributed by atoms with van der Waals surface area (Å²) in [5.74, 6) is 0. The van der Waals surface area contributed by atoms with E-state index < -0.39 is 13.8 Å². The quantitative estimate of drug-likeness (QED) is 0.279. The van der Waals surface area contributed by atoms with Crippen molar-refractivity contribution in [2.75, 3.05) is 0 Å². The van der Waals surface area contributed by atoms with Gasteiger partial charge in [-0.1, -0.05) is 56.1 Å². The van der Waals surface area contributed by atoms with Gasteiger partial charge in [0.25, 0.3) is 0 Å². The summed E-state index contributed by atoms with van der Waals surface area (Å²) in [5.41, 5.74) is 0.599. The Morgan fingerprint density at radius 2 is 1.24 bits per heavy atom. The Kier molecular flexibility index (Phi) is 7.14. The summed E-state index contributed by atoms with van der Waals surface area (Å²) in [6.45, 7) is 0. The Bertz CT molecular complexity index is 760. The molecule has 21 heavy (non-hydrogen) atoms. The van der Waals surface area contributed by atoms with Gasteiger partial charge in [-0.2, -0.15) is 0 Å². The Morgan fingerprint density at radius 3 is 1.67 bits per heavy atom. The van der Waals surface area contributed by atoms with Crippen LogP contribution in [0.15, 0.2) is 54.6 Å². The summed E-state index contributed by atoms with van der Waals surface area (Å²) < 4.78 is 11.2. The second-order valence-corrected chi connectivity index (χ2v) is 6.10. The van der Waals surface area contributed by atoms with Crippen molar-refractivity contribution < 1.29 is 73.5 Å². The molecule has 0 bridgehead atoms. The molecular weight excluding hydrogens is 305 g/mol. The van der Waals surface area contributed by atoms with Gasteiger partial charge in [-0.3, -0.25) is 0 Å². The molecule has 3 aromatic rings. The fraction of sp³-hybridized carbons (Fsp3) is 0.0667. The van der Waals surface area contributed by atoms with E-state index in [0.29, 0.717) is 5.56 Å². The molecule has 0 saturated heterocycles. The van der Waals surface area contributed by atoms with Gasteiger partial charge in [0.15, 0.2) is 0 Å². The van der Waals surface area contributed by atoms with E-state index in [-0.39, 0.29) is 59.1 Å². The van der Waals surface area contributed by atoms with E-state index in [4.69, 9.17) is 0 Å². The van der Waals surface area contributed by atoms with Crippen LogP contribution in [0.3, 0.4) is 0 Å². The summed E-state index contributed by atoms with van der Waals surface area (Å²) in [5, 5.41) is 3.55. The molecule has 6 heteroatoms. The number of benzene rings is 3. The number of hydrogen-bond acceptors (Lipinski definition) is 3. The van der Waals surface area contributed by atoms with E-state index in [9.17, 15) is 14.4 Å². The molecule has 0 saturated carbocycles. The molecule has 0 radical (unpaired) electrons. The van der Waals surface area contributed by atoms with Gasteiger partial charge < -0.3 is 14.4 Å². The van der Waals surface area contributed by atoms with Crippen LogP contribution < -0.4 is 68.9 Å². The molecule has 0 fully saturated rings. The van der Waals surface area contributed by atoms with Crippen LogP contribution >= 0.6 is 7.60 Å². The molecular formula is C15H11Na2O3P. The molecule has 3 rings (SSSR count). The molecule has 96 valence electrons. The zero-order valence-corrected chi connectivity index (χ0v) is 17.0. The Morgan fingerprint density at radius 1 is 0.810 bits per heavy atom. The first-order chi connectivity index (χ1) is 9.04. The van der Waals surface area contributed by atoms with E-state index in [2.05, 4.69) is 0 Å². The molecule has 0 aliphatic carbocycles. The van der Waals surface area contributed by atoms with Crippen molar-refractivity contribution in [1.29, 1.82) is 0 Å². The largest absolute Gasteiger partial charge is 1.00 e. The van der Waals surface area contributed by atoms with Crippen LogP contribution in [0.5, 0.6) is 0 Å². The summed E-state index contributed by atoms with van der Waals surface area (Å²) in [6, 6.07) is 17.1. The van der Waals surface area contributed by atoms with Crippen molar-refractivity contribution in [2.24, 2.45) is 0 Å². The molecule has 0 atom stereocenters. The maximum absolute atomic E-state index is 11.2. The third kappa shape index (κ3) is 4.42. The van der Waals surface area contributed by atoms with Gasteiger partial charge in [-0.05, 0) is 33.2 Å². The predicted molar refractivity (Wildman–Crippen MR) is 72.8 cm³/mol. The first kappa shape index (κ1) is 19.4. The van der Waals surface area contributed by atoms with Gasteiger partial charge in [0, 0.05) is 6.16 Å². The predicted octanol–water partition coefficient (Wildman–Crippen LogP) is -3.59. The Hall–Kier alpha value is 0.330. The second-order valence-electron chi connectivity index (χ2n) is 4.57. The van der Waals surface area contributed by atoms with Crippen LogP contribution in [0.1, 0.15) is 5.56 Å². The minimum atomic E-state index is -4.60. The minimum Gasteiger partial charge on any atom is -0.810 e. The topological polar surface area (TPSA) is 63.2 Å². The van der Waals surface area contributed by atoms with Crippen molar-refractivity contribution in [3.8, 4) is 0 Å². The average Bonchev–Trinajstić information content (AvgIpc) is 2.37. The van der Waals surface area contributed by atoms with Crippen molar-refractivity contribution >= 4 is 29.1 Å². The van der Waals surface area contributed by atoms with Crippen LogP contribution in [0.2, 0.25) is 0 Å². The molecule has 0 unspecified atom stereocenters. The van der Waals surface area contributed by atoms with Crippen LogP contribution in [0, 0.1) is 0 Å². The normalized spacial score (nSPS) is 11.0. The van der Waals surface area contributed by atoms with Crippen molar-refractivity contribution in [2.45, 2.75) is 6.16 Å². The number of hydrogen-bond donors (Lipinski definition) is 0. The van der Waals surface area contributed by atoms with Gasteiger partial charge in [0.05, 0.1) is 0 Å². The standard InChI is InChI=1S/C15H13O3P.2Na/c16-19(17,18)10-15-13-7-3-1-5-11(13)9-12-6-2-4-8-14(12)15;;/h1-9H,10H2,(H2,16,17,18);;/q;2*+1/p-2. The van der Waals surface area contributed by atoms with Crippen molar-refractivity contribution in [3.05, 3.63) is 60.2 Å². The first-order valence-corrected chi connectivity index (χ1v) is 7.68. The van der Waals surface area contributed by atoms with Gasteiger partial charge in [-0.25, -0.2) is 0 Å². The minimum absolute atomic E-state index is 0. The maximum atomic E-state index is 11.2. The fourth-order valence-electron chi connectivity index (χ4n) is 2.47. The molecule has 0 heterocycles. The van der Waals surface area contributed by atoms with E-state index in [0.717, 1.165) is 21.5 Å². The van der Waals surface area contributed by atoms with E-state index in [1.54, 1.807) is 0 Å². The molecule has 0 aromatic heterocycles. The number of fused-ring (bicyclic) bond motifs is 2. The molecule has 0 aliphatic heterocycles. The molecule has 0 spiro atoms. The maximum Gasteiger partial charge on any atom is 1.00 e. The third-order valence-corrected chi connectivity index (χ3v) is 3.94. The van der Waals surface area contributed by atoms with Crippen molar-refractivity contribution in [3.63, 3.8) is 0 Å². The Labute approximate surface area is 167 Å². The van der Waals surface area contributed by atoms with Crippen LogP contribution in [0.4, 0.5) is 0 Å². The van der Waals surface area contributed by atoms with Crippen molar-refractivity contribution in [1.82, 2.24) is 0 Å². The fourth-order valence-corrected chi connectivity index (χ4v) is 3.20. The smallest absolute Gasteiger partial charge is 0.810 e. The van der Waals surface area contributed by atoms with E-state index in [1.807, 2.05) is 54.6 Å². The summed E-state index contributed by atoms with van der Waals surface area (Å²) in [4.78, 5) is 22.3. The second kappa shape index (κ2) is 7.74. The molecule has 3 nitrogen and oxygen atoms in total. The van der Waals surface area contributed by atoms with E-state index >= 15 is 0 Å². The molecule has 3 aromatic carbocycles. The van der Waals surface area contributed by atoms with Gasteiger partial charge in [-0.15, -0.1) is 0 Å². The van der Waals surface area contributed by atoms with Crippen LogP contribution in [-0.2, 0) is 10.7 Å². The average molecular weight is 316 g/mol. The first-order valence-electron chi connectivity index (χ1n) is 5.95. The SMILES string of the molecule is O=P([O-])([O-])Cc1c2ccccc2cc2ccccc12.[Na+].[Na+]. The zero-order chi connectivity index (χ0) is 13.5. The van der Waals surface area contributed by atoms with Crippen LogP contribution in [-0.4, -0.2) is 0 Å². The van der Waals surface area contributed by atoms with E-state index in [1.165, 1.54) is 0 Å². The molecule has 0 amide bonds. The third-order valence-electron chi connectivity index (χ3n) is 3.23. The zero-order valence-electron chi connectivity index (χ0n) is 12.1. The molecule has 0 aliphatic rings. The summed E-state index contributed by atoms with van der Waals surface area (Å²) in [7, 11) is -4.60. The van der Waals surface area contributed by atoms with Crippen LogP contribution in [0.25, 0.3) is 21.5 Å². The summed E-state index contributed by atoms with van der Waals surface area (Å²) in [6.07, 6.45) is -0.450. The molecule has 0 N–H and O–H groups in total.